The molecule has 0 atom stereocenters. The predicted octanol–water partition coefficient (Wildman–Crippen LogP) is 8.37. The molecule has 1 amide bonds. The fourth-order valence-corrected chi connectivity index (χ4v) is 5.02. The molecule has 0 saturated carbocycles. The van der Waals surface area contributed by atoms with Gasteiger partial charge in [0.05, 0.1) is 21.6 Å². The molecule has 0 aliphatic rings. The van der Waals surface area contributed by atoms with Crippen LogP contribution >= 0.6 is 11.3 Å². The van der Waals surface area contributed by atoms with Crippen molar-refractivity contribution in [3.05, 3.63) is 59.2 Å². The van der Waals surface area contributed by atoms with Crippen molar-refractivity contribution in [1.29, 1.82) is 0 Å². The Labute approximate surface area is 248 Å². The lowest BCUT2D eigenvalue weighted by molar-refractivity contribution is 0.00696. The number of para-hydroxylation sites is 1. The van der Waals surface area contributed by atoms with Crippen LogP contribution in [0.1, 0.15) is 82.9 Å². The molecular weight excluding hydrogens is 557 g/mol. The second-order valence-electron chi connectivity index (χ2n) is 12.2. The molecule has 0 radical (unpaired) electrons. The number of benzene rings is 1. The Bertz CT molecular complexity index is 1650. The summed E-state index contributed by atoms with van der Waals surface area (Å²) < 4.78 is 27.5. The van der Waals surface area contributed by atoms with E-state index in [0.717, 1.165) is 17.3 Å². The lowest BCUT2D eigenvalue weighted by atomic mass is 10.0. The van der Waals surface area contributed by atoms with Crippen LogP contribution in [0.4, 0.5) is 25.8 Å². The van der Waals surface area contributed by atoms with Crippen molar-refractivity contribution in [2.45, 2.75) is 79.4 Å². The summed E-state index contributed by atoms with van der Waals surface area (Å²) >= 11 is 1.22. The highest BCUT2D eigenvalue weighted by atomic mass is 32.1. The molecule has 0 aliphatic heterocycles. The molecule has 0 saturated heterocycles. The van der Waals surface area contributed by atoms with Gasteiger partial charge in [0.25, 0.3) is 0 Å². The first-order valence-electron chi connectivity index (χ1n) is 13.6. The Hall–Kier alpha value is -4.12. The summed E-state index contributed by atoms with van der Waals surface area (Å²) in [4.78, 5) is 39.3. The Morgan fingerprint density at radius 3 is 2.33 bits per heavy atom. The molecule has 11 heteroatoms. The van der Waals surface area contributed by atoms with Crippen molar-refractivity contribution in [2.75, 3.05) is 10.6 Å². The summed E-state index contributed by atoms with van der Waals surface area (Å²) in [6.45, 7) is 16.5. The van der Waals surface area contributed by atoms with Gasteiger partial charge in [0.15, 0.2) is 10.9 Å². The van der Waals surface area contributed by atoms with E-state index in [9.17, 15) is 9.59 Å². The molecule has 0 aliphatic carbocycles. The number of hydrogen-bond donors (Lipinski definition) is 2. The van der Waals surface area contributed by atoms with Crippen LogP contribution in [0.5, 0.6) is 0 Å². The zero-order chi connectivity index (χ0) is 31.0. The number of ether oxygens (including phenoxy) is 2. The van der Waals surface area contributed by atoms with Crippen LogP contribution in [0, 0.1) is 12.7 Å². The number of nitrogens with zero attached hydrogens (tertiary/aromatic N) is 3. The molecule has 0 spiro atoms. The topological polar surface area (TPSA) is 115 Å². The maximum atomic E-state index is 15.8. The molecule has 4 aromatic rings. The van der Waals surface area contributed by atoms with Crippen molar-refractivity contribution in [1.82, 2.24) is 15.0 Å². The van der Waals surface area contributed by atoms with Crippen molar-refractivity contribution in [3.63, 3.8) is 0 Å². The van der Waals surface area contributed by atoms with Gasteiger partial charge < -0.3 is 14.8 Å². The van der Waals surface area contributed by atoms with Crippen LogP contribution in [0.25, 0.3) is 21.5 Å². The molecule has 0 bridgehead atoms. The van der Waals surface area contributed by atoms with Gasteiger partial charge >= 0.3 is 12.1 Å². The second-order valence-corrected chi connectivity index (χ2v) is 13.2. The van der Waals surface area contributed by atoms with Gasteiger partial charge in [0, 0.05) is 11.8 Å². The summed E-state index contributed by atoms with van der Waals surface area (Å²) in [5.74, 6) is -1.25. The monoisotopic (exact) mass is 593 g/mol. The first kappa shape index (κ1) is 30.8. The second kappa shape index (κ2) is 11.6. The van der Waals surface area contributed by atoms with Crippen LogP contribution in [0.15, 0.2) is 36.5 Å². The van der Waals surface area contributed by atoms with E-state index < -0.39 is 29.1 Å². The van der Waals surface area contributed by atoms with Crippen molar-refractivity contribution in [3.8, 4) is 11.3 Å². The van der Waals surface area contributed by atoms with Crippen LogP contribution in [0.3, 0.4) is 0 Å². The number of fused-ring (bicyclic) bond motifs is 1. The van der Waals surface area contributed by atoms with Gasteiger partial charge in [-0.2, -0.15) is 0 Å². The van der Waals surface area contributed by atoms with E-state index in [4.69, 9.17) is 9.47 Å². The summed E-state index contributed by atoms with van der Waals surface area (Å²) in [5, 5.41) is 6.20. The van der Waals surface area contributed by atoms with Crippen molar-refractivity contribution < 1.29 is 23.5 Å². The zero-order valence-corrected chi connectivity index (χ0v) is 26.1. The summed E-state index contributed by atoms with van der Waals surface area (Å²) in [7, 11) is 0. The molecule has 4 rings (SSSR count). The average Bonchev–Trinajstić information content (AvgIpc) is 3.26. The average molecular weight is 594 g/mol. The molecule has 222 valence electrons. The first-order valence-corrected chi connectivity index (χ1v) is 14.4. The van der Waals surface area contributed by atoms with Gasteiger partial charge in [-0.1, -0.05) is 37.3 Å². The quantitative estimate of drug-likeness (QED) is 0.214. The number of amides is 1. The standard InChI is InChI=1S/C31H36FN5O4S/c1-16(2)22-23(17(3)13-14-33-22)34-26-19(27(38)40-30(4,5)6)15-20(32)24(35-26)18-11-10-12-21-25(18)36-28(42-21)37-29(39)41-31(7,8)9/h10-16H,1-9H3,(H,34,35)(H,36,37,39). The number of thiazole rings is 1. The Morgan fingerprint density at radius 1 is 1.00 bits per heavy atom. The molecule has 3 heterocycles. The fraction of sp³-hybridized carbons (Fsp3) is 0.387. The summed E-state index contributed by atoms with van der Waals surface area (Å²) in [6.07, 6.45) is 1.08. The number of aryl methyl sites for hydroxylation is 1. The van der Waals surface area contributed by atoms with Gasteiger partial charge in [0.1, 0.15) is 28.3 Å². The molecule has 3 aromatic heterocycles. The smallest absolute Gasteiger partial charge is 0.413 e. The zero-order valence-electron chi connectivity index (χ0n) is 25.3. The Balaban J connectivity index is 1.85. The van der Waals surface area contributed by atoms with E-state index in [2.05, 4.69) is 25.6 Å². The maximum absolute atomic E-state index is 15.8. The number of carbonyl (C=O) groups excluding carboxylic acids is 2. The van der Waals surface area contributed by atoms with E-state index in [-0.39, 0.29) is 23.0 Å². The van der Waals surface area contributed by atoms with Crippen LogP contribution in [0.2, 0.25) is 0 Å². The highest BCUT2D eigenvalue weighted by Gasteiger charge is 2.26. The number of halogens is 1. The minimum atomic E-state index is -0.805. The number of anilines is 3. The molecular formula is C31H36FN5O4S. The third-order valence-corrected chi connectivity index (χ3v) is 6.79. The highest BCUT2D eigenvalue weighted by molar-refractivity contribution is 7.22. The van der Waals surface area contributed by atoms with Gasteiger partial charge in [-0.25, -0.2) is 23.9 Å². The number of aromatic nitrogens is 3. The number of rotatable bonds is 6. The van der Waals surface area contributed by atoms with E-state index in [0.29, 0.717) is 26.6 Å². The van der Waals surface area contributed by atoms with E-state index in [1.807, 2.05) is 32.9 Å². The SMILES string of the molecule is Cc1ccnc(C(C)C)c1Nc1nc(-c2cccc3sc(NC(=O)OC(C)(C)C)nc23)c(F)cc1C(=O)OC(C)(C)C. The number of esters is 1. The number of nitrogens with one attached hydrogen (secondary N) is 2. The molecule has 2 N–H and O–H groups in total. The number of carbonyl (C=O) groups is 2. The van der Waals surface area contributed by atoms with Crippen LogP contribution in [-0.4, -0.2) is 38.2 Å². The molecule has 0 fully saturated rings. The number of hydrogen-bond acceptors (Lipinski definition) is 9. The normalized spacial score (nSPS) is 12.0. The Morgan fingerprint density at radius 2 is 1.69 bits per heavy atom. The van der Waals surface area contributed by atoms with Crippen molar-refractivity contribution in [2.24, 2.45) is 0 Å². The molecule has 42 heavy (non-hydrogen) atoms. The van der Waals surface area contributed by atoms with Gasteiger partial charge in [0.2, 0.25) is 0 Å². The van der Waals surface area contributed by atoms with Crippen LogP contribution < -0.4 is 10.6 Å². The first-order chi connectivity index (χ1) is 19.5. The largest absolute Gasteiger partial charge is 0.456 e. The van der Waals surface area contributed by atoms with Gasteiger partial charge in [-0.05, 0) is 78.1 Å². The highest BCUT2D eigenvalue weighted by Crippen LogP contribution is 2.37. The molecule has 0 unspecified atom stereocenters. The summed E-state index contributed by atoms with van der Waals surface area (Å²) in [6, 6.07) is 8.24. The predicted molar refractivity (Wildman–Crippen MR) is 164 cm³/mol. The molecule has 9 nitrogen and oxygen atoms in total. The van der Waals surface area contributed by atoms with E-state index >= 15 is 4.39 Å². The van der Waals surface area contributed by atoms with E-state index in [1.54, 1.807) is 59.9 Å². The third-order valence-electron chi connectivity index (χ3n) is 5.86. The van der Waals surface area contributed by atoms with E-state index in [1.165, 1.54) is 11.3 Å². The van der Waals surface area contributed by atoms with Crippen molar-refractivity contribution >= 4 is 50.3 Å². The minimum absolute atomic E-state index is 0.0165. The summed E-state index contributed by atoms with van der Waals surface area (Å²) in [5.41, 5.74) is 1.62. The van der Waals surface area contributed by atoms with Crippen LogP contribution in [-0.2, 0) is 9.47 Å². The third kappa shape index (κ3) is 7.20. The van der Waals surface area contributed by atoms with Gasteiger partial charge in [-0.15, -0.1) is 0 Å². The minimum Gasteiger partial charge on any atom is -0.456 e. The maximum Gasteiger partial charge on any atom is 0.413 e. The lowest BCUT2D eigenvalue weighted by Gasteiger charge is -2.22. The molecule has 1 aromatic carbocycles. The Kier molecular flexibility index (Phi) is 8.54. The number of pyridine rings is 2. The fourth-order valence-electron chi connectivity index (χ4n) is 4.14. The lowest BCUT2D eigenvalue weighted by Crippen LogP contribution is -2.27. The van der Waals surface area contributed by atoms with Gasteiger partial charge in [-0.3, -0.25) is 10.3 Å².